The number of hydrogen-bond acceptors (Lipinski definition) is 2. The number of nitrogens with zero attached hydrogens (tertiary/aromatic N) is 2. The summed E-state index contributed by atoms with van der Waals surface area (Å²) >= 11 is 0. The molecular formula is C11H12N2O. The molecule has 14 heavy (non-hydrogen) atoms. The Morgan fingerprint density at radius 3 is 2.79 bits per heavy atom. The van der Waals surface area contributed by atoms with E-state index in [1.807, 2.05) is 38.2 Å². The topological polar surface area (TPSA) is 41.8 Å². The van der Waals surface area contributed by atoms with Gasteiger partial charge in [-0.05, 0) is 6.08 Å². The molecule has 1 heterocycles. The quantitative estimate of drug-likeness (QED) is 0.618. The van der Waals surface area contributed by atoms with Crippen LogP contribution in [0, 0.1) is 11.8 Å². The van der Waals surface area contributed by atoms with Crippen molar-refractivity contribution in [2.24, 2.45) is 21.8 Å². The second-order valence-electron chi connectivity index (χ2n) is 3.72. The molecule has 0 fully saturated rings. The molecule has 0 saturated heterocycles. The summed E-state index contributed by atoms with van der Waals surface area (Å²) in [7, 11) is 0. The van der Waals surface area contributed by atoms with E-state index in [4.69, 9.17) is 0 Å². The molecule has 72 valence electrons. The Labute approximate surface area is 82.9 Å². The molecular weight excluding hydrogens is 176 g/mol. The summed E-state index contributed by atoms with van der Waals surface area (Å²) in [6.45, 7) is 3.97. The third-order valence-corrected chi connectivity index (χ3v) is 2.25. The predicted octanol–water partition coefficient (Wildman–Crippen LogP) is 1.76. The van der Waals surface area contributed by atoms with Gasteiger partial charge in [0.05, 0.1) is 5.71 Å². The average Bonchev–Trinajstić information content (AvgIpc) is 2.17. The zero-order valence-corrected chi connectivity index (χ0v) is 8.27. The van der Waals surface area contributed by atoms with E-state index in [1.54, 1.807) is 0 Å². The van der Waals surface area contributed by atoms with Gasteiger partial charge >= 0.3 is 0 Å². The molecule has 3 heteroatoms. The molecule has 2 rings (SSSR count). The average molecular weight is 188 g/mol. The zero-order chi connectivity index (χ0) is 10.1. The predicted molar refractivity (Wildman–Crippen MR) is 56.5 cm³/mol. The van der Waals surface area contributed by atoms with Crippen molar-refractivity contribution in [3.63, 3.8) is 0 Å². The summed E-state index contributed by atoms with van der Waals surface area (Å²) < 4.78 is 0. The van der Waals surface area contributed by atoms with Crippen molar-refractivity contribution in [1.29, 1.82) is 0 Å². The fraction of sp³-hybridized carbons (Fsp3) is 0.364. The lowest BCUT2D eigenvalue weighted by molar-refractivity contribution is -0.118. The Morgan fingerprint density at radius 2 is 2.07 bits per heavy atom. The standard InChI is InChI=1S/C11H12N2O/c1-7(2)10-12-9-6-4-3-5-8(9)11(14)13-10/h3-8H,1-2H3. The Bertz CT molecular complexity index is 386. The third kappa shape index (κ3) is 1.45. The van der Waals surface area contributed by atoms with Crippen LogP contribution in [0.4, 0.5) is 0 Å². The molecule has 0 aromatic heterocycles. The van der Waals surface area contributed by atoms with Crippen LogP contribution in [0.1, 0.15) is 13.8 Å². The van der Waals surface area contributed by atoms with E-state index in [9.17, 15) is 4.79 Å². The molecule has 1 atom stereocenters. The summed E-state index contributed by atoms with van der Waals surface area (Å²) in [6.07, 6.45) is 7.46. The maximum Gasteiger partial charge on any atom is 0.260 e. The van der Waals surface area contributed by atoms with Crippen molar-refractivity contribution in [2.75, 3.05) is 0 Å². The van der Waals surface area contributed by atoms with E-state index >= 15 is 0 Å². The van der Waals surface area contributed by atoms with E-state index in [-0.39, 0.29) is 17.7 Å². The first kappa shape index (κ1) is 9.06. The van der Waals surface area contributed by atoms with Crippen molar-refractivity contribution >= 4 is 17.5 Å². The molecule has 0 aromatic carbocycles. The van der Waals surface area contributed by atoms with Gasteiger partial charge in [-0.2, -0.15) is 4.99 Å². The van der Waals surface area contributed by atoms with Gasteiger partial charge in [0.1, 0.15) is 11.8 Å². The Kier molecular flexibility index (Phi) is 2.15. The molecule has 0 N–H and O–H groups in total. The molecule has 1 amide bonds. The van der Waals surface area contributed by atoms with Crippen LogP contribution < -0.4 is 0 Å². The van der Waals surface area contributed by atoms with Crippen molar-refractivity contribution in [3.8, 4) is 0 Å². The normalized spacial score (nSPS) is 24.8. The van der Waals surface area contributed by atoms with Crippen molar-refractivity contribution in [2.45, 2.75) is 13.8 Å². The number of carbonyl (C=O) groups is 1. The number of aliphatic imine (C=N–C) groups is 2. The lowest BCUT2D eigenvalue weighted by atomic mass is 9.96. The fourth-order valence-electron chi connectivity index (χ4n) is 1.45. The number of rotatable bonds is 1. The summed E-state index contributed by atoms with van der Waals surface area (Å²) in [5.74, 6) is 0.495. The first-order valence-corrected chi connectivity index (χ1v) is 4.74. The summed E-state index contributed by atoms with van der Waals surface area (Å²) in [4.78, 5) is 19.9. The van der Waals surface area contributed by atoms with Crippen molar-refractivity contribution in [1.82, 2.24) is 0 Å². The zero-order valence-electron chi connectivity index (χ0n) is 8.27. The van der Waals surface area contributed by atoms with Crippen LogP contribution in [0.15, 0.2) is 34.3 Å². The summed E-state index contributed by atoms with van der Waals surface area (Å²) in [5, 5.41) is 0. The number of amides is 1. The van der Waals surface area contributed by atoms with Gasteiger partial charge in [0.2, 0.25) is 0 Å². The minimum absolute atomic E-state index is 0.0979. The summed E-state index contributed by atoms with van der Waals surface area (Å²) in [6, 6.07) is 0. The molecule has 0 aromatic rings. The monoisotopic (exact) mass is 188 g/mol. The maximum absolute atomic E-state index is 11.6. The van der Waals surface area contributed by atoms with Crippen LogP contribution in [-0.4, -0.2) is 17.5 Å². The highest BCUT2D eigenvalue weighted by Crippen LogP contribution is 2.18. The number of allylic oxidation sites excluding steroid dienone is 3. The molecule has 3 nitrogen and oxygen atoms in total. The SMILES string of the molecule is CC(C)C1=NC(=O)C2C=CC=CC2=N1. The highest BCUT2D eigenvalue weighted by Gasteiger charge is 2.26. The van der Waals surface area contributed by atoms with E-state index in [1.165, 1.54) is 0 Å². The van der Waals surface area contributed by atoms with Crippen LogP contribution in [0.25, 0.3) is 0 Å². The van der Waals surface area contributed by atoms with E-state index in [0.717, 1.165) is 5.71 Å². The lowest BCUT2D eigenvalue weighted by Crippen LogP contribution is -2.28. The van der Waals surface area contributed by atoms with Gasteiger partial charge in [-0.1, -0.05) is 32.1 Å². The fourth-order valence-corrected chi connectivity index (χ4v) is 1.45. The third-order valence-electron chi connectivity index (χ3n) is 2.25. The Hall–Kier alpha value is -1.51. The number of amidine groups is 1. The molecule has 0 spiro atoms. The van der Waals surface area contributed by atoms with Gasteiger partial charge < -0.3 is 0 Å². The highest BCUT2D eigenvalue weighted by molar-refractivity contribution is 6.21. The second-order valence-corrected chi connectivity index (χ2v) is 3.72. The molecule has 0 bridgehead atoms. The summed E-state index contributed by atoms with van der Waals surface area (Å²) in [5.41, 5.74) is 0.816. The first-order chi connectivity index (χ1) is 6.68. The van der Waals surface area contributed by atoms with E-state index < -0.39 is 0 Å². The van der Waals surface area contributed by atoms with Crippen LogP contribution in [0.2, 0.25) is 0 Å². The molecule has 0 saturated carbocycles. The van der Waals surface area contributed by atoms with E-state index in [2.05, 4.69) is 9.98 Å². The van der Waals surface area contributed by atoms with Crippen LogP contribution in [0.3, 0.4) is 0 Å². The number of hydrogen-bond donors (Lipinski definition) is 0. The van der Waals surface area contributed by atoms with Gasteiger partial charge in [0.15, 0.2) is 0 Å². The largest absolute Gasteiger partial charge is 0.271 e. The highest BCUT2D eigenvalue weighted by atomic mass is 16.1. The minimum atomic E-state index is -0.248. The smallest absolute Gasteiger partial charge is 0.260 e. The van der Waals surface area contributed by atoms with Crippen molar-refractivity contribution < 1.29 is 4.79 Å². The molecule has 1 aliphatic carbocycles. The molecule has 1 aliphatic heterocycles. The molecule has 1 unspecified atom stereocenters. The minimum Gasteiger partial charge on any atom is -0.271 e. The lowest BCUT2D eigenvalue weighted by Gasteiger charge is -2.18. The number of carbonyl (C=O) groups excluding carboxylic acids is 1. The first-order valence-electron chi connectivity index (χ1n) is 4.74. The van der Waals surface area contributed by atoms with Crippen molar-refractivity contribution in [3.05, 3.63) is 24.3 Å². The van der Waals surface area contributed by atoms with Crippen LogP contribution in [0.5, 0.6) is 0 Å². The van der Waals surface area contributed by atoms with Gasteiger partial charge in [0.25, 0.3) is 5.91 Å². The molecule has 2 aliphatic rings. The van der Waals surface area contributed by atoms with Crippen LogP contribution in [-0.2, 0) is 4.79 Å². The van der Waals surface area contributed by atoms with E-state index in [0.29, 0.717) is 5.84 Å². The van der Waals surface area contributed by atoms with Gasteiger partial charge in [-0.15, -0.1) is 0 Å². The van der Waals surface area contributed by atoms with Gasteiger partial charge in [-0.25, -0.2) is 4.99 Å². The van der Waals surface area contributed by atoms with Gasteiger partial charge in [0, 0.05) is 5.92 Å². The maximum atomic E-state index is 11.6. The molecule has 0 radical (unpaired) electrons. The van der Waals surface area contributed by atoms with Gasteiger partial charge in [-0.3, -0.25) is 4.79 Å². The second kappa shape index (κ2) is 3.33. The Morgan fingerprint density at radius 1 is 1.29 bits per heavy atom. The Balaban J connectivity index is 2.38. The number of fused-ring (bicyclic) bond motifs is 1. The van der Waals surface area contributed by atoms with Crippen LogP contribution >= 0.6 is 0 Å².